The standard InChI is InChI=1S/C16H14BrClFN5O/c1-2-23-8-11(17)14(21-23)16(25)20-15-12(18)9-24(22-15)7-10-5-3-4-6-13(10)19/h3-6,8-9H,2,7H2,1H3,(H,20,22,25). The number of anilines is 1. The second-order valence-corrected chi connectivity index (χ2v) is 6.51. The molecule has 1 N–H and O–H groups in total. The molecule has 3 rings (SSSR count). The Balaban J connectivity index is 1.77. The lowest BCUT2D eigenvalue weighted by Crippen LogP contribution is -2.15. The number of carbonyl (C=O) groups is 1. The van der Waals surface area contributed by atoms with Crippen LogP contribution in [0.25, 0.3) is 0 Å². The minimum atomic E-state index is -0.433. The van der Waals surface area contributed by atoms with Crippen molar-refractivity contribution in [3.05, 3.63) is 63.2 Å². The van der Waals surface area contributed by atoms with Crippen molar-refractivity contribution < 1.29 is 9.18 Å². The maximum atomic E-state index is 13.7. The van der Waals surface area contributed by atoms with Crippen molar-refractivity contribution in [3.8, 4) is 0 Å². The largest absolute Gasteiger partial charge is 0.302 e. The molecule has 0 spiro atoms. The molecule has 1 aromatic carbocycles. The van der Waals surface area contributed by atoms with E-state index >= 15 is 0 Å². The Bertz CT molecular complexity index is 923. The molecule has 3 aromatic rings. The molecule has 0 saturated carbocycles. The summed E-state index contributed by atoms with van der Waals surface area (Å²) in [5.74, 6) is -0.563. The highest BCUT2D eigenvalue weighted by Crippen LogP contribution is 2.22. The molecule has 6 nitrogen and oxygen atoms in total. The van der Waals surface area contributed by atoms with Gasteiger partial charge in [-0.25, -0.2) is 4.39 Å². The number of nitrogens with zero attached hydrogens (tertiary/aromatic N) is 4. The predicted molar refractivity (Wildman–Crippen MR) is 96.3 cm³/mol. The highest BCUT2D eigenvalue weighted by atomic mass is 79.9. The zero-order valence-electron chi connectivity index (χ0n) is 13.2. The third-order valence-electron chi connectivity index (χ3n) is 3.50. The minimum absolute atomic E-state index is 0.195. The molecule has 0 fully saturated rings. The average molecular weight is 427 g/mol. The molecule has 2 aromatic heterocycles. The summed E-state index contributed by atoms with van der Waals surface area (Å²) >= 11 is 9.43. The highest BCUT2D eigenvalue weighted by molar-refractivity contribution is 9.10. The Hall–Kier alpha value is -2.19. The lowest BCUT2D eigenvalue weighted by atomic mass is 10.2. The van der Waals surface area contributed by atoms with Gasteiger partial charge in [0.25, 0.3) is 5.91 Å². The molecular formula is C16H14BrClFN5O. The maximum absolute atomic E-state index is 13.7. The first-order chi connectivity index (χ1) is 12.0. The summed E-state index contributed by atoms with van der Waals surface area (Å²) in [6, 6.07) is 6.41. The molecule has 0 unspecified atom stereocenters. The fourth-order valence-corrected chi connectivity index (χ4v) is 2.94. The summed E-state index contributed by atoms with van der Waals surface area (Å²) in [5, 5.41) is 11.3. The van der Waals surface area contributed by atoms with Gasteiger partial charge in [0.1, 0.15) is 10.8 Å². The second kappa shape index (κ2) is 7.37. The Morgan fingerprint density at radius 3 is 2.72 bits per heavy atom. The fraction of sp³-hybridized carbons (Fsp3) is 0.188. The third-order valence-corrected chi connectivity index (χ3v) is 4.35. The van der Waals surface area contributed by atoms with Gasteiger partial charge in [-0.15, -0.1) is 0 Å². The number of carbonyl (C=O) groups excluding carboxylic acids is 1. The maximum Gasteiger partial charge on any atom is 0.278 e. The van der Waals surface area contributed by atoms with E-state index in [-0.39, 0.29) is 28.9 Å². The summed E-state index contributed by atoms with van der Waals surface area (Å²) in [5.41, 5.74) is 0.713. The van der Waals surface area contributed by atoms with E-state index in [1.807, 2.05) is 6.92 Å². The van der Waals surface area contributed by atoms with Crippen molar-refractivity contribution in [3.63, 3.8) is 0 Å². The number of benzene rings is 1. The van der Waals surface area contributed by atoms with Crippen LogP contribution in [-0.2, 0) is 13.1 Å². The van der Waals surface area contributed by atoms with E-state index < -0.39 is 5.91 Å². The Labute approximate surface area is 156 Å². The Morgan fingerprint density at radius 2 is 2.04 bits per heavy atom. The Kier molecular flexibility index (Phi) is 5.19. The average Bonchev–Trinajstić information content (AvgIpc) is 3.12. The molecule has 0 aliphatic heterocycles. The number of hydrogen-bond donors (Lipinski definition) is 1. The number of amides is 1. The van der Waals surface area contributed by atoms with E-state index in [0.29, 0.717) is 16.6 Å². The van der Waals surface area contributed by atoms with E-state index in [0.717, 1.165) is 0 Å². The fourth-order valence-electron chi connectivity index (χ4n) is 2.24. The topological polar surface area (TPSA) is 64.7 Å². The molecule has 130 valence electrons. The van der Waals surface area contributed by atoms with Crippen LogP contribution in [-0.4, -0.2) is 25.5 Å². The molecule has 0 aliphatic rings. The molecule has 1 amide bonds. The zero-order chi connectivity index (χ0) is 18.0. The SMILES string of the molecule is CCn1cc(Br)c(C(=O)Nc2nn(Cc3ccccc3F)cc2Cl)n1. The van der Waals surface area contributed by atoms with Crippen molar-refractivity contribution in [2.45, 2.75) is 20.0 Å². The van der Waals surface area contributed by atoms with Crippen molar-refractivity contribution in [1.82, 2.24) is 19.6 Å². The third kappa shape index (κ3) is 3.91. The highest BCUT2D eigenvalue weighted by Gasteiger charge is 2.18. The summed E-state index contributed by atoms with van der Waals surface area (Å²) in [6.45, 7) is 2.77. The number of rotatable bonds is 5. The van der Waals surface area contributed by atoms with Crippen molar-refractivity contribution in [2.75, 3.05) is 5.32 Å². The Morgan fingerprint density at radius 1 is 1.28 bits per heavy atom. The van der Waals surface area contributed by atoms with Crippen LogP contribution in [0.1, 0.15) is 23.0 Å². The molecule has 0 saturated heterocycles. The zero-order valence-corrected chi connectivity index (χ0v) is 15.6. The molecule has 0 aliphatic carbocycles. The molecule has 2 heterocycles. The van der Waals surface area contributed by atoms with Crippen LogP contribution < -0.4 is 5.32 Å². The van der Waals surface area contributed by atoms with E-state index in [1.165, 1.54) is 16.9 Å². The predicted octanol–water partition coefficient (Wildman–Crippen LogP) is 3.96. The van der Waals surface area contributed by atoms with Crippen LogP contribution in [0.2, 0.25) is 5.02 Å². The van der Waals surface area contributed by atoms with Gasteiger partial charge in [-0.2, -0.15) is 10.2 Å². The lowest BCUT2D eigenvalue weighted by molar-refractivity contribution is 0.102. The van der Waals surface area contributed by atoms with Gasteiger partial charge in [-0.3, -0.25) is 14.2 Å². The van der Waals surface area contributed by atoms with Crippen molar-refractivity contribution in [1.29, 1.82) is 0 Å². The number of aryl methyl sites for hydroxylation is 1. The van der Waals surface area contributed by atoms with Crippen LogP contribution >= 0.6 is 27.5 Å². The molecular weight excluding hydrogens is 413 g/mol. The first kappa shape index (κ1) is 17.6. The van der Waals surface area contributed by atoms with Crippen LogP contribution in [0.4, 0.5) is 10.2 Å². The first-order valence-corrected chi connectivity index (χ1v) is 8.65. The summed E-state index contributed by atoms with van der Waals surface area (Å²) in [6.07, 6.45) is 3.25. The molecule has 0 radical (unpaired) electrons. The minimum Gasteiger partial charge on any atom is -0.302 e. The smallest absolute Gasteiger partial charge is 0.278 e. The number of halogens is 3. The normalized spacial score (nSPS) is 10.9. The van der Waals surface area contributed by atoms with Gasteiger partial charge >= 0.3 is 0 Å². The van der Waals surface area contributed by atoms with Gasteiger partial charge in [-0.1, -0.05) is 29.8 Å². The summed E-state index contributed by atoms with van der Waals surface area (Å²) < 4.78 is 17.4. The van der Waals surface area contributed by atoms with E-state index in [2.05, 4.69) is 31.4 Å². The molecule has 25 heavy (non-hydrogen) atoms. The van der Waals surface area contributed by atoms with Gasteiger partial charge in [0.2, 0.25) is 0 Å². The monoisotopic (exact) mass is 425 g/mol. The second-order valence-electron chi connectivity index (χ2n) is 5.25. The molecule has 0 atom stereocenters. The van der Waals surface area contributed by atoms with E-state index in [4.69, 9.17) is 11.6 Å². The van der Waals surface area contributed by atoms with Gasteiger partial charge < -0.3 is 5.32 Å². The van der Waals surface area contributed by atoms with Crippen LogP contribution in [0.5, 0.6) is 0 Å². The summed E-state index contributed by atoms with van der Waals surface area (Å²) in [7, 11) is 0. The number of hydrogen-bond acceptors (Lipinski definition) is 3. The van der Waals surface area contributed by atoms with Gasteiger partial charge in [-0.05, 0) is 28.9 Å². The van der Waals surface area contributed by atoms with Crippen molar-refractivity contribution >= 4 is 39.3 Å². The van der Waals surface area contributed by atoms with Crippen LogP contribution in [0.15, 0.2) is 41.1 Å². The number of nitrogens with one attached hydrogen (secondary N) is 1. The van der Waals surface area contributed by atoms with Crippen molar-refractivity contribution in [2.24, 2.45) is 0 Å². The quantitative estimate of drug-likeness (QED) is 0.672. The van der Waals surface area contributed by atoms with E-state index in [9.17, 15) is 9.18 Å². The molecule has 0 bridgehead atoms. The van der Waals surface area contributed by atoms with Gasteiger partial charge in [0.15, 0.2) is 11.5 Å². The summed E-state index contributed by atoms with van der Waals surface area (Å²) in [4.78, 5) is 12.4. The van der Waals surface area contributed by atoms with Crippen LogP contribution in [0, 0.1) is 5.82 Å². The molecule has 9 heteroatoms. The van der Waals surface area contributed by atoms with E-state index in [1.54, 1.807) is 29.1 Å². The first-order valence-electron chi connectivity index (χ1n) is 7.48. The number of aromatic nitrogens is 4. The lowest BCUT2D eigenvalue weighted by Gasteiger charge is -2.03. The van der Waals surface area contributed by atoms with Gasteiger partial charge in [0.05, 0.1) is 11.0 Å². The van der Waals surface area contributed by atoms with Crippen LogP contribution in [0.3, 0.4) is 0 Å². The van der Waals surface area contributed by atoms with Gasteiger partial charge in [0, 0.05) is 24.5 Å².